The van der Waals surface area contributed by atoms with Crippen LogP contribution in [0.2, 0.25) is 0 Å². The molecule has 0 heterocycles. The molecule has 1 atom stereocenters. The summed E-state index contributed by atoms with van der Waals surface area (Å²) in [4.78, 5) is -0.133. The minimum absolute atomic E-state index is 0.0546. The molecule has 0 fully saturated rings. The van der Waals surface area contributed by atoms with E-state index in [4.69, 9.17) is 5.11 Å². The van der Waals surface area contributed by atoms with E-state index >= 15 is 0 Å². The van der Waals surface area contributed by atoms with Crippen LogP contribution in [0.3, 0.4) is 0 Å². The molecule has 0 amide bonds. The molecule has 1 rings (SSSR count). The van der Waals surface area contributed by atoms with Crippen molar-refractivity contribution in [1.29, 1.82) is 0 Å². The molecule has 0 aliphatic rings. The summed E-state index contributed by atoms with van der Waals surface area (Å²) < 4.78 is 40.2. The first kappa shape index (κ1) is 18.0. The predicted molar refractivity (Wildman–Crippen MR) is 83.1 cm³/mol. The van der Waals surface area contributed by atoms with Gasteiger partial charge in [0.1, 0.15) is 12.4 Å². The van der Waals surface area contributed by atoms with Crippen molar-refractivity contribution in [3.8, 4) is 11.8 Å². The van der Waals surface area contributed by atoms with Crippen molar-refractivity contribution in [2.75, 3.05) is 19.4 Å². The maximum absolute atomic E-state index is 13.7. The van der Waals surface area contributed by atoms with Crippen LogP contribution in [0.4, 0.5) is 4.39 Å². The number of thioether (sulfide) groups is 1. The van der Waals surface area contributed by atoms with Crippen LogP contribution < -0.4 is 4.72 Å². The van der Waals surface area contributed by atoms with Crippen LogP contribution in [0.5, 0.6) is 0 Å². The number of halogens is 1. The molecular weight excluding hydrogens is 313 g/mol. The van der Waals surface area contributed by atoms with Gasteiger partial charge >= 0.3 is 0 Å². The highest BCUT2D eigenvalue weighted by molar-refractivity contribution is 7.99. The van der Waals surface area contributed by atoms with E-state index in [1.54, 1.807) is 11.8 Å². The third-order valence-electron chi connectivity index (χ3n) is 2.80. The average Bonchev–Trinajstić information content (AvgIpc) is 2.45. The first-order valence-corrected chi connectivity index (χ1v) is 9.09. The molecule has 1 aromatic carbocycles. The van der Waals surface area contributed by atoms with Crippen molar-refractivity contribution in [3.63, 3.8) is 0 Å². The van der Waals surface area contributed by atoms with E-state index in [-0.39, 0.29) is 17.1 Å². The first-order chi connectivity index (χ1) is 9.90. The lowest BCUT2D eigenvalue weighted by Crippen LogP contribution is -2.26. The summed E-state index contributed by atoms with van der Waals surface area (Å²) in [5.41, 5.74) is 0.0546. The third-order valence-corrected chi connectivity index (χ3v) is 5.30. The van der Waals surface area contributed by atoms with Crippen LogP contribution in [0, 0.1) is 17.7 Å². The summed E-state index contributed by atoms with van der Waals surface area (Å²) in [5.74, 6) is 4.00. The highest BCUT2D eigenvalue weighted by atomic mass is 32.2. The van der Waals surface area contributed by atoms with Crippen LogP contribution in [0.25, 0.3) is 0 Å². The Labute approximate surface area is 129 Å². The van der Waals surface area contributed by atoms with Crippen molar-refractivity contribution in [3.05, 3.63) is 29.6 Å². The number of aliphatic hydroxyl groups is 1. The number of sulfonamides is 1. The number of rotatable bonds is 6. The fraction of sp³-hybridized carbons (Fsp3) is 0.429. The zero-order chi connectivity index (χ0) is 15.9. The van der Waals surface area contributed by atoms with Gasteiger partial charge < -0.3 is 5.11 Å². The highest BCUT2D eigenvalue weighted by Crippen LogP contribution is 2.15. The summed E-state index contributed by atoms with van der Waals surface area (Å²) in [7, 11) is -3.72. The molecule has 0 saturated heterocycles. The minimum atomic E-state index is -3.72. The number of benzene rings is 1. The zero-order valence-corrected chi connectivity index (χ0v) is 13.5. The number of hydrogen-bond donors (Lipinski definition) is 2. The third kappa shape index (κ3) is 5.67. The molecule has 1 unspecified atom stereocenters. The number of nitrogens with one attached hydrogen (secondary N) is 1. The predicted octanol–water partition coefficient (Wildman–Crippen LogP) is 1.59. The Balaban J connectivity index is 2.82. The van der Waals surface area contributed by atoms with E-state index in [0.29, 0.717) is 18.2 Å². The van der Waals surface area contributed by atoms with Crippen LogP contribution in [-0.4, -0.2) is 38.2 Å². The largest absolute Gasteiger partial charge is 0.384 e. The van der Waals surface area contributed by atoms with Gasteiger partial charge in [-0.1, -0.05) is 18.8 Å². The minimum Gasteiger partial charge on any atom is -0.384 e. The molecule has 0 aliphatic heterocycles. The van der Waals surface area contributed by atoms with Gasteiger partial charge in [-0.3, -0.25) is 0 Å². The van der Waals surface area contributed by atoms with Crippen LogP contribution in [0.1, 0.15) is 18.9 Å². The van der Waals surface area contributed by atoms with Crippen molar-refractivity contribution in [2.24, 2.45) is 0 Å². The Hall–Kier alpha value is -1.07. The van der Waals surface area contributed by atoms with Gasteiger partial charge in [0.15, 0.2) is 0 Å². The monoisotopic (exact) mass is 331 g/mol. The van der Waals surface area contributed by atoms with E-state index < -0.39 is 15.8 Å². The Morgan fingerprint density at radius 1 is 1.48 bits per heavy atom. The fourth-order valence-electron chi connectivity index (χ4n) is 1.50. The normalized spacial score (nSPS) is 12.6. The topological polar surface area (TPSA) is 66.4 Å². The maximum atomic E-state index is 13.7. The molecule has 7 heteroatoms. The van der Waals surface area contributed by atoms with Crippen LogP contribution in [0.15, 0.2) is 23.1 Å². The van der Waals surface area contributed by atoms with Gasteiger partial charge in [0, 0.05) is 11.8 Å². The standard InChI is InChI=1S/C14H18FNO3S2/c1-11(20-2)7-8-16-21(18,19)13-6-5-12(4-3-9-17)14(15)10-13/h5-6,10-11,16-17H,7-9H2,1-2H3. The highest BCUT2D eigenvalue weighted by Gasteiger charge is 2.15. The van der Waals surface area contributed by atoms with Gasteiger partial charge in [-0.2, -0.15) is 11.8 Å². The van der Waals surface area contributed by atoms with Gasteiger partial charge in [0.2, 0.25) is 10.0 Å². The first-order valence-electron chi connectivity index (χ1n) is 6.32. The molecule has 0 spiro atoms. The molecule has 2 N–H and O–H groups in total. The lowest BCUT2D eigenvalue weighted by atomic mass is 10.2. The van der Waals surface area contributed by atoms with Gasteiger partial charge in [0.05, 0.1) is 10.5 Å². The lowest BCUT2D eigenvalue weighted by Gasteiger charge is -2.10. The van der Waals surface area contributed by atoms with Crippen LogP contribution in [-0.2, 0) is 10.0 Å². The Kier molecular flexibility index (Phi) is 7.18. The lowest BCUT2D eigenvalue weighted by molar-refractivity contribution is 0.350. The van der Waals surface area contributed by atoms with Crippen molar-refractivity contribution < 1.29 is 17.9 Å². The fourth-order valence-corrected chi connectivity index (χ4v) is 2.91. The molecule has 0 saturated carbocycles. The molecule has 21 heavy (non-hydrogen) atoms. The second kappa shape index (κ2) is 8.39. The Morgan fingerprint density at radius 3 is 2.76 bits per heavy atom. The van der Waals surface area contributed by atoms with Crippen molar-refractivity contribution in [1.82, 2.24) is 4.72 Å². The molecule has 1 aromatic rings. The number of hydrogen-bond acceptors (Lipinski definition) is 4. The van der Waals surface area contributed by atoms with Crippen molar-refractivity contribution >= 4 is 21.8 Å². The SMILES string of the molecule is CSC(C)CCNS(=O)(=O)c1ccc(C#CCO)c(F)c1. The Morgan fingerprint density at radius 2 is 2.19 bits per heavy atom. The summed E-state index contributed by atoms with van der Waals surface area (Å²) in [6, 6.07) is 3.52. The summed E-state index contributed by atoms with van der Waals surface area (Å²) in [6.45, 7) is 1.93. The Bertz CT molecular complexity index is 635. The smallest absolute Gasteiger partial charge is 0.240 e. The van der Waals surface area contributed by atoms with E-state index in [1.807, 2.05) is 13.2 Å². The maximum Gasteiger partial charge on any atom is 0.240 e. The van der Waals surface area contributed by atoms with E-state index in [0.717, 1.165) is 6.07 Å². The molecule has 0 radical (unpaired) electrons. The second-order valence-electron chi connectivity index (χ2n) is 4.33. The summed E-state index contributed by atoms with van der Waals surface area (Å²) in [5, 5.41) is 8.91. The molecule has 0 aliphatic carbocycles. The molecular formula is C14H18FNO3S2. The van der Waals surface area contributed by atoms with Gasteiger partial charge in [-0.05, 0) is 30.9 Å². The molecule has 0 aromatic heterocycles. The molecule has 116 valence electrons. The quantitative estimate of drug-likeness (QED) is 0.777. The second-order valence-corrected chi connectivity index (χ2v) is 7.38. The van der Waals surface area contributed by atoms with Crippen LogP contribution >= 0.6 is 11.8 Å². The zero-order valence-electron chi connectivity index (χ0n) is 11.9. The van der Waals surface area contributed by atoms with E-state index in [1.165, 1.54) is 12.1 Å². The van der Waals surface area contributed by atoms with E-state index in [2.05, 4.69) is 16.6 Å². The molecule has 0 bridgehead atoms. The number of aliphatic hydroxyl groups excluding tert-OH is 1. The summed E-state index contributed by atoms with van der Waals surface area (Å²) >= 11 is 1.65. The summed E-state index contributed by atoms with van der Waals surface area (Å²) in [6.07, 6.45) is 2.66. The average molecular weight is 331 g/mol. The van der Waals surface area contributed by atoms with Crippen molar-refractivity contribution in [2.45, 2.75) is 23.5 Å². The van der Waals surface area contributed by atoms with Gasteiger partial charge in [0.25, 0.3) is 0 Å². The van der Waals surface area contributed by atoms with E-state index in [9.17, 15) is 12.8 Å². The molecule has 4 nitrogen and oxygen atoms in total. The van der Waals surface area contributed by atoms with Gasteiger partial charge in [-0.25, -0.2) is 17.5 Å². The van der Waals surface area contributed by atoms with Gasteiger partial charge in [-0.15, -0.1) is 0 Å².